The molecule has 0 spiro atoms. The highest BCUT2D eigenvalue weighted by atomic mass is 16.5. The van der Waals surface area contributed by atoms with E-state index in [1.54, 1.807) is 19.2 Å². The summed E-state index contributed by atoms with van der Waals surface area (Å²) in [5, 5.41) is 0. The Kier molecular flexibility index (Phi) is 3.88. The quantitative estimate of drug-likeness (QED) is 0.592. The molecule has 3 aromatic carbocycles. The zero-order valence-electron chi connectivity index (χ0n) is 17.5. The fourth-order valence-electron chi connectivity index (χ4n) is 6.05. The van der Waals surface area contributed by atoms with Crippen molar-refractivity contribution in [1.29, 1.82) is 0 Å². The Balaban J connectivity index is 1.57. The molecule has 4 aliphatic rings. The van der Waals surface area contributed by atoms with Gasteiger partial charge in [0.05, 0.1) is 24.6 Å². The minimum Gasteiger partial charge on any atom is -0.495 e. The summed E-state index contributed by atoms with van der Waals surface area (Å²) in [5.41, 5.74) is 6.60. The van der Waals surface area contributed by atoms with Gasteiger partial charge in [0.15, 0.2) is 0 Å². The normalized spacial score (nSPS) is 25.3. The number of carbonyl (C=O) groups excluding carboxylic acids is 2. The number of benzene rings is 3. The number of hydrogen-bond donors (Lipinski definition) is 0. The summed E-state index contributed by atoms with van der Waals surface area (Å²) in [6, 6.07) is 22.2. The molecular weight excluding hydrogens is 386 g/mol. The van der Waals surface area contributed by atoms with Gasteiger partial charge in [-0.3, -0.25) is 9.59 Å². The summed E-state index contributed by atoms with van der Waals surface area (Å²) >= 11 is 0. The van der Waals surface area contributed by atoms with Crippen LogP contribution < -0.4 is 9.64 Å². The zero-order valence-corrected chi connectivity index (χ0v) is 17.5. The average Bonchev–Trinajstić information content (AvgIpc) is 3.09. The Morgan fingerprint density at radius 1 is 0.774 bits per heavy atom. The number of nitrogens with zero attached hydrogens (tertiary/aromatic N) is 1. The largest absolute Gasteiger partial charge is 0.495 e. The smallest absolute Gasteiger partial charge is 0.238 e. The molecule has 4 unspecified atom stereocenters. The lowest BCUT2D eigenvalue weighted by Crippen LogP contribution is -2.41. The van der Waals surface area contributed by atoms with Crippen molar-refractivity contribution >= 4 is 17.5 Å². The van der Waals surface area contributed by atoms with Crippen LogP contribution in [0, 0.1) is 11.8 Å². The Hall–Kier alpha value is -3.40. The molecule has 0 radical (unpaired) electrons. The van der Waals surface area contributed by atoms with Crippen LogP contribution >= 0.6 is 0 Å². The predicted octanol–water partition coefficient (Wildman–Crippen LogP) is 4.65. The van der Waals surface area contributed by atoms with Crippen LogP contribution in [-0.2, 0) is 16.0 Å². The van der Waals surface area contributed by atoms with E-state index in [9.17, 15) is 9.59 Å². The van der Waals surface area contributed by atoms with Crippen LogP contribution in [0.2, 0.25) is 0 Å². The summed E-state index contributed by atoms with van der Waals surface area (Å²) in [6.07, 6.45) is 0.945. The predicted molar refractivity (Wildman–Crippen MR) is 118 cm³/mol. The van der Waals surface area contributed by atoms with Crippen LogP contribution in [0.15, 0.2) is 66.7 Å². The minimum atomic E-state index is -0.378. The number of para-hydroxylation sites is 2. The molecule has 4 heteroatoms. The van der Waals surface area contributed by atoms with Crippen molar-refractivity contribution in [3.63, 3.8) is 0 Å². The van der Waals surface area contributed by atoms with Crippen molar-refractivity contribution in [3.8, 4) is 5.75 Å². The maximum atomic E-state index is 13.8. The molecule has 1 aliphatic heterocycles. The Labute approximate surface area is 181 Å². The number of rotatable bonds is 3. The fourth-order valence-corrected chi connectivity index (χ4v) is 6.05. The third-order valence-corrected chi connectivity index (χ3v) is 7.34. The van der Waals surface area contributed by atoms with Crippen LogP contribution in [0.1, 0.15) is 46.6 Å². The number of aryl methyl sites for hydroxylation is 1. The van der Waals surface area contributed by atoms with Crippen molar-refractivity contribution in [2.75, 3.05) is 12.0 Å². The van der Waals surface area contributed by atoms with Gasteiger partial charge < -0.3 is 4.74 Å². The average molecular weight is 409 g/mol. The molecule has 0 aromatic heterocycles. The molecule has 4 atom stereocenters. The first-order chi connectivity index (χ1) is 15.2. The van der Waals surface area contributed by atoms with Gasteiger partial charge in [-0.05, 0) is 46.4 Å². The van der Waals surface area contributed by atoms with Crippen molar-refractivity contribution < 1.29 is 14.3 Å². The van der Waals surface area contributed by atoms with Crippen molar-refractivity contribution in [1.82, 2.24) is 0 Å². The lowest BCUT2D eigenvalue weighted by molar-refractivity contribution is -0.122. The first-order valence-electron chi connectivity index (χ1n) is 10.9. The first-order valence-corrected chi connectivity index (χ1v) is 10.9. The van der Waals surface area contributed by atoms with Crippen molar-refractivity contribution in [2.24, 2.45) is 11.8 Å². The number of hydrogen-bond acceptors (Lipinski definition) is 3. The Morgan fingerprint density at radius 2 is 1.35 bits per heavy atom. The number of anilines is 1. The van der Waals surface area contributed by atoms with Gasteiger partial charge >= 0.3 is 0 Å². The summed E-state index contributed by atoms with van der Waals surface area (Å²) in [5.74, 6) is -0.634. The van der Waals surface area contributed by atoms with Gasteiger partial charge in [0.1, 0.15) is 5.75 Å². The van der Waals surface area contributed by atoms with Gasteiger partial charge in [0, 0.05) is 11.8 Å². The number of methoxy groups -OCH3 is 1. The van der Waals surface area contributed by atoms with Crippen LogP contribution in [0.25, 0.3) is 0 Å². The number of carbonyl (C=O) groups is 2. The maximum Gasteiger partial charge on any atom is 0.238 e. The summed E-state index contributed by atoms with van der Waals surface area (Å²) in [4.78, 5) is 29.0. The van der Waals surface area contributed by atoms with E-state index in [2.05, 4.69) is 37.3 Å². The first kappa shape index (κ1) is 18.4. The molecule has 7 rings (SSSR count). The van der Waals surface area contributed by atoms with Crippen LogP contribution in [0.3, 0.4) is 0 Å². The monoisotopic (exact) mass is 409 g/mol. The van der Waals surface area contributed by atoms with E-state index in [1.165, 1.54) is 32.7 Å². The van der Waals surface area contributed by atoms with Gasteiger partial charge in [0.2, 0.25) is 11.8 Å². The van der Waals surface area contributed by atoms with Crippen molar-refractivity contribution in [2.45, 2.75) is 25.2 Å². The molecule has 0 saturated carbocycles. The highest BCUT2D eigenvalue weighted by Gasteiger charge is 2.62. The molecule has 154 valence electrons. The van der Waals surface area contributed by atoms with E-state index in [0.29, 0.717) is 11.4 Å². The number of imide groups is 1. The highest BCUT2D eigenvalue weighted by Crippen LogP contribution is 2.61. The van der Waals surface area contributed by atoms with E-state index < -0.39 is 0 Å². The molecule has 1 fully saturated rings. The second-order valence-electron chi connectivity index (χ2n) is 8.64. The molecule has 3 aromatic rings. The molecule has 2 amide bonds. The molecule has 1 heterocycles. The summed E-state index contributed by atoms with van der Waals surface area (Å²) in [6.45, 7) is 2.15. The Bertz CT molecular complexity index is 1250. The van der Waals surface area contributed by atoms with Gasteiger partial charge in [-0.15, -0.1) is 0 Å². The third-order valence-electron chi connectivity index (χ3n) is 7.34. The van der Waals surface area contributed by atoms with E-state index in [4.69, 9.17) is 4.74 Å². The van der Waals surface area contributed by atoms with Crippen LogP contribution in [0.5, 0.6) is 5.75 Å². The third kappa shape index (κ3) is 2.30. The molecule has 31 heavy (non-hydrogen) atoms. The van der Waals surface area contributed by atoms with Gasteiger partial charge in [0.25, 0.3) is 0 Å². The molecule has 3 aliphatic carbocycles. The lowest BCUT2D eigenvalue weighted by atomic mass is 9.55. The van der Waals surface area contributed by atoms with Crippen molar-refractivity contribution in [3.05, 3.63) is 94.5 Å². The highest BCUT2D eigenvalue weighted by molar-refractivity contribution is 6.24. The molecular formula is C27H23NO3. The SMILES string of the molecule is CCc1ccc2c(c1)C1c3ccccc3C2C2C(=O)N(c3ccccc3OC)C(=O)C12. The van der Waals surface area contributed by atoms with E-state index in [-0.39, 0.29) is 35.5 Å². The van der Waals surface area contributed by atoms with E-state index >= 15 is 0 Å². The van der Waals surface area contributed by atoms with Crippen LogP contribution in [-0.4, -0.2) is 18.9 Å². The second-order valence-corrected chi connectivity index (χ2v) is 8.64. The molecule has 4 nitrogen and oxygen atoms in total. The molecule has 1 saturated heterocycles. The van der Waals surface area contributed by atoms with Crippen LogP contribution in [0.4, 0.5) is 5.69 Å². The summed E-state index contributed by atoms with van der Waals surface area (Å²) in [7, 11) is 1.57. The minimum absolute atomic E-state index is 0.0937. The van der Waals surface area contributed by atoms with Gasteiger partial charge in [-0.2, -0.15) is 0 Å². The van der Waals surface area contributed by atoms with Gasteiger partial charge in [-0.25, -0.2) is 4.90 Å². The molecule has 2 bridgehead atoms. The Morgan fingerprint density at radius 3 is 2.00 bits per heavy atom. The number of amides is 2. The zero-order chi connectivity index (χ0) is 21.3. The maximum absolute atomic E-state index is 13.8. The molecule has 0 N–H and O–H groups in total. The summed E-state index contributed by atoms with van der Waals surface area (Å²) < 4.78 is 5.48. The van der Waals surface area contributed by atoms with E-state index in [0.717, 1.165) is 6.42 Å². The lowest BCUT2D eigenvalue weighted by Gasteiger charge is -2.46. The topological polar surface area (TPSA) is 46.6 Å². The standard InChI is InChI=1S/C27H23NO3/c1-3-15-12-13-18-19(14-15)23-17-9-5-4-8-16(17)22(18)24-25(23)27(30)28(26(24)29)20-10-6-7-11-21(20)31-2/h4-14,22-25H,3H2,1-2H3. The second kappa shape index (κ2) is 6.55. The van der Waals surface area contributed by atoms with E-state index in [1.807, 2.05) is 24.3 Å². The number of ether oxygens (including phenoxy) is 1. The van der Waals surface area contributed by atoms with Gasteiger partial charge in [-0.1, -0.05) is 61.5 Å². The fraction of sp³-hybridized carbons (Fsp3) is 0.259.